The van der Waals surface area contributed by atoms with E-state index in [1.807, 2.05) is 26.0 Å². The van der Waals surface area contributed by atoms with Crippen molar-refractivity contribution in [2.24, 2.45) is 29.4 Å². The summed E-state index contributed by atoms with van der Waals surface area (Å²) in [7, 11) is 1.68. The van der Waals surface area contributed by atoms with Gasteiger partial charge in [0.15, 0.2) is 11.5 Å². The third kappa shape index (κ3) is 10.6. The molecule has 1 aromatic rings. The first-order valence-corrected chi connectivity index (χ1v) is 15.2. The quantitative estimate of drug-likeness (QED) is 0.225. The fourth-order valence-electron chi connectivity index (χ4n) is 5.45. The first-order chi connectivity index (χ1) is 19.7. The lowest BCUT2D eigenvalue weighted by Crippen LogP contribution is -2.45. The molecule has 4 N–H and O–H groups in total. The number of aliphatic hydroxyl groups is 1. The van der Waals surface area contributed by atoms with Crippen molar-refractivity contribution < 1.29 is 33.6 Å². The molecule has 0 aromatic heterocycles. The monoisotopic (exact) mass is 579 g/mol. The molecule has 0 saturated carbocycles. The van der Waals surface area contributed by atoms with E-state index in [9.17, 15) is 9.90 Å². The van der Waals surface area contributed by atoms with E-state index in [1.165, 1.54) is 0 Å². The van der Waals surface area contributed by atoms with Gasteiger partial charge < -0.3 is 39.8 Å². The molecule has 2 aliphatic heterocycles. The molecule has 0 spiro atoms. The van der Waals surface area contributed by atoms with Crippen LogP contribution in [0.25, 0.3) is 0 Å². The Kier molecular flexibility index (Phi) is 13.9. The highest BCUT2D eigenvalue weighted by atomic mass is 16.7. The summed E-state index contributed by atoms with van der Waals surface area (Å²) in [6.45, 7) is 14.4. The number of fused-ring (bicyclic) bond motifs is 1. The number of methoxy groups -OCH3 is 1. The van der Waals surface area contributed by atoms with Crippen molar-refractivity contribution in [2.75, 3.05) is 66.5 Å². The Morgan fingerprint density at radius 2 is 1.85 bits per heavy atom. The maximum absolute atomic E-state index is 13.0. The van der Waals surface area contributed by atoms with Gasteiger partial charge in [-0.05, 0) is 54.7 Å². The van der Waals surface area contributed by atoms with Gasteiger partial charge in [-0.2, -0.15) is 0 Å². The fourth-order valence-corrected chi connectivity index (χ4v) is 5.45. The van der Waals surface area contributed by atoms with E-state index < -0.39 is 12.1 Å². The number of aliphatic hydroxyl groups excluding tert-OH is 1. The minimum absolute atomic E-state index is 0.0155. The topological polar surface area (TPSA) is 125 Å². The van der Waals surface area contributed by atoms with E-state index in [4.69, 9.17) is 29.4 Å². The number of nitrogens with two attached hydrogens (primary N) is 1. The lowest BCUT2D eigenvalue weighted by Gasteiger charge is -2.30. The van der Waals surface area contributed by atoms with Gasteiger partial charge in [-0.3, -0.25) is 9.69 Å². The minimum Gasteiger partial charge on any atom is -0.489 e. The Morgan fingerprint density at radius 1 is 1.10 bits per heavy atom. The Labute approximate surface area is 246 Å². The van der Waals surface area contributed by atoms with Crippen molar-refractivity contribution in [1.29, 1.82) is 0 Å². The highest BCUT2D eigenvalue weighted by Gasteiger charge is 2.30. The molecule has 0 radical (unpaired) electrons. The smallest absolute Gasteiger partial charge is 0.231 e. The van der Waals surface area contributed by atoms with Gasteiger partial charge in [0, 0.05) is 58.3 Å². The third-order valence-electron chi connectivity index (χ3n) is 8.23. The first kappa shape index (κ1) is 33.4. The van der Waals surface area contributed by atoms with E-state index in [-0.39, 0.29) is 30.5 Å². The molecular weight excluding hydrogens is 526 g/mol. The van der Waals surface area contributed by atoms with Gasteiger partial charge in [-0.15, -0.1) is 0 Å². The number of amides is 1. The van der Waals surface area contributed by atoms with Crippen LogP contribution < -0.4 is 25.3 Å². The summed E-state index contributed by atoms with van der Waals surface area (Å²) in [6, 6.07) is 3.59. The molecule has 0 bridgehead atoms. The number of ether oxygens (including phenoxy) is 5. The largest absolute Gasteiger partial charge is 0.489 e. The summed E-state index contributed by atoms with van der Waals surface area (Å²) in [5, 5.41) is 14.2. The third-order valence-corrected chi connectivity index (χ3v) is 8.23. The molecule has 4 atom stereocenters. The molecule has 1 aromatic carbocycles. The van der Waals surface area contributed by atoms with Gasteiger partial charge in [0.25, 0.3) is 0 Å². The predicted molar refractivity (Wildman–Crippen MR) is 158 cm³/mol. The van der Waals surface area contributed by atoms with Crippen molar-refractivity contribution in [2.45, 2.75) is 65.5 Å². The molecule has 3 rings (SSSR count). The average molecular weight is 580 g/mol. The van der Waals surface area contributed by atoms with Gasteiger partial charge in [-0.1, -0.05) is 27.7 Å². The first-order valence-electron chi connectivity index (χ1n) is 15.2. The minimum atomic E-state index is -0.773. The number of morpholine rings is 1. The summed E-state index contributed by atoms with van der Waals surface area (Å²) in [5.41, 5.74) is 7.67. The Morgan fingerprint density at radius 3 is 2.54 bits per heavy atom. The van der Waals surface area contributed by atoms with Gasteiger partial charge in [-0.25, -0.2) is 0 Å². The summed E-state index contributed by atoms with van der Waals surface area (Å²) in [6.07, 6.45) is 1.75. The van der Waals surface area contributed by atoms with Gasteiger partial charge in [0.1, 0.15) is 0 Å². The molecule has 1 amide bonds. The number of rotatable bonds is 18. The second-order valence-electron chi connectivity index (χ2n) is 12.0. The van der Waals surface area contributed by atoms with E-state index >= 15 is 0 Å². The molecule has 2 heterocycles. The highest BCUT2D eigenvalue weighted by molar-refractivity contribution is 5.78. The predicted octanol–water partition coefficient (Wildman–Crippen LogP) is 2.83. The van der Waals surface area contributed by atoms with Crippen molar-refractivity contribution in [3.05, 3.63) is 17.7 Å². The van der Waals surface area contributed by atoms with Crippen LogP contribution in [0.4, 0.5) is 0 Å². The van der Waals surface area contributed by atoms with Crippen LogP contribution in [0, 0.1) is 23.7 Å². The summed E-state index contributed by atoms with van der Waals surface area (Å²) in [5.74, 6) is 2.35. The zero-order chi connectivity index (χ0) is 29.8. The van der Waals surface area contributed by atoms with Crippen molar-refractivity contribution >= 4 is 5.91 Å². The second-order valence-corrected chi connectivity index (χ2v) is 12.0. The normalized spacial score (nSPS) is 18.4. The second kappa shape index (κ2) is 17.1. The molecule has 0 aliphatic carbocycles. The fraction of sp³-hybridized carbons (Fsp3) is 0.774. The van der Waals surface area contributed by atoms with Gasteiger partial charge in [0.05, 0.1) is 25.9 Å². The SMILES string of the molecule is COCCCOc1cc(C[C@@H](C[C@H](N)[C@@H](O)C[C@H](C(=O)NCCN2CCOCC2)C(C)C)C(C)C)cc2c1OCO2. The van der Waals surface area contributed by atoms with E-state index in [2.05, 4.69) is 24.1 Å². The maximum Gasteiger partial charge on any atom is 0.231 e. The number of nitrogens with one attached hydrogen (secondary N) is 1. The molecule has 2 aliphatic rings. The average Bonchev–Trinajstić information content (AvgIpc) is 3.42. The van der Waals surface area contributed by atoms with E-state index in [0.29, 0.717) is 55.8 Å². The number of hydrogen-bond donors (Lipinski definition) is 3. The molecule has 41 heavy (non-hydrogen) atoms. The Balaban J connectivity index is 1.56. The van der Waals surface area contributed by atoms with Gasteiger partial charge >= 0.3 is 0 Å². The Hall–Kier alpha value is -2.11. The summed E-state index contributed by atoms with van der Waals surface area (Å²) >= 11 is 0. The van der Waals surface area contributed by atoms with Crippen LogP contribution in [-0.4, -0.2) is 94.6 Å². The molecule has 0 unspecified atom stereocenters. The van der Waals surface area contributed by atoms with Crippen LogP contribution >= 0.6 is 0 Å². The van der Waals surface area contributed by atoms with Crippen LogP contribution in [0.3, 0.4) is 0 Å². The number of hydrogen-bond acceptors (Lipinski definition) is 9. The Bertz CT molecular complexity index is 923. The molecular formula is C31H53N3O7. The zero-order valence-electron chi connectivity index (χ0n) is 25.7. The number of carbonyl (C=O) groups excluding carboxylic acids is 1. The maximum atomic E-state index is 13.0. The van der Waals surface area contributed by atoms with Crippen LogP contribution in [0.2, 0.25) is 0 Å². The number of carbonyl (C=O) groups is 1. The van der Waals surface area contributed by atoms with Crippen LogP contribution in [-0.2, 0) is 20.7 Å². The van der Waals surface area contributed by atoms with Crippen molar-refractivity contribution in [3.63, 3.8) is 0 Å². The molecule has 234 valence electrons. The van der Waals surface area contributed by atoms with Crippen molar-refractivity contribution in [1.82, 2.24) is 10.2 Å². The number of benzene rings is 1. The lowest BCUT2D eigenvalue weighted by molar-refractivity contribution is -0.127. The van der Waals surface area contributed by atoms with Crippen LogP contribution in [0.1, 0.15) is 52.5 Å². The van der Waals surface area contributed by atoms with Crippen LogP contribution in [0.5, 0.6) is 17.2 Å². The van der Waals surface area contributed by atoms with Gasteiger partial charge in [0.2, 0.25) is 18.4 Å². The van der Waals surface area contributed by atoms with E-state index in [1.54, 1.807) is 7.11 Å². The lowest BCUT2D eigenvalue weighted by atomic mass is 9.80. The highest BCUT2D eigenvalue weighted by Crippen LogP contribution is 2.43. The zero-order valence-corrected chi connectivity index (χ0v) is 25.7. The molecule has 10 heteroatoms. The van der Waals surface area contributed by atoms with Crippen molar-refractivity contribution in [3.8, 4) is 17.2 Å². The van der Waals surface area contributed by atoms with Crippen LogP contribution in [0.15, 0.2) is 12.1 Å². The summed E-state index contributed by atoms with van der Waals surface area (Å²) < 4.78 is 27.9. The molecule has 1 saturated heterocycles. The number of nitrogens with zero attached hydrogens (tertiary/aromatic N) is 1. The molecule has 10 nitrogen and oxygen atoms in total. The standard InChI is InChI=1S/C31H53N3O7/c1-21(2)24(15-23-16-28(39-12-6-11-37-5)30-29(17-23)40-20-41-30)18-26(32)27(35)19-25(22(3)4)31(36)33-7-8-34-9-13-38-14-10-34/h16-17,21-22,24-27,35H,6-15,18-20,32H2,1-5H3,(H,33,36)/t24-,25-,26-,27-/m0/s1. The summed E-state index contributed by atoms with van der Waals surface area (Å²) in [4.78, 5) is 15.3. The van der Waals surface area contributed by atoms with E-state index in [0.717, 1.165) is 51.3 Å². The molecule has 1 fully saturated rings.